The number of aliphatic carboxylic acids is 1. The Morgan fingerprint density at radius 2 is 1.97 bits per heavy atom. The number of amides is 2. The molecule has 1 aliphatic heterocycles. The van der Waals surface area contributed by atoms with Crippen molar-refractivity contribution < 1.29 is 29.0 Å². The van der Waals surface area contributed by atoms with Gasteiger partial charge in [-0.25, -0.2) is 4.79 Å². The fraction of sp³-hybridized carbons (Fsp3) is 0.150. The zero-order chi connectivity index (χ0) is 21.0. The van der Waals surface area contributed by atoms with Crippen molar-refractivity contribution >= 4 is 46.6 Å². The summed E-state index contributed by atoms with van der Waals surface area (Å²) in [5.41, 5.74) is 1.28. The molecule has 0 unspecified atom stereocenters. The van der Waals surface area contributed by atoms with Gasteiger partial charge < -0.3 is 14.6 Å². The van der Waals surface area contributed by atoms with Crippen molar-refractivity contribution in [3.63, 3.8) is 0 Å². The topological polar surface area (TPSA) is 93.1 Å². The summed E-state index contributed by atoms with van der Waals surface area (Å²) in [4.78, 5) is 37.1. The SMILES string of the molecule is COc1cc(/C=C2/SC(=O)N(Cc3ccccc3Cl)C2=O)ccc1OCC(=O)O. The third kappa shape index (κ3) is 4.90. The van der Waals surface area contributed by atoms with E-state index in [4.69, 9.17) is 26.2 Å². The maximum absolute atomic E-state index is 12.7. The van der Waals surface area contributed by atoms with E-state index < -0.39 is 18.5 Å². The molecule has 2 aromatic carbocycles. The summed E-state index contributed by atoms with van der Waals surface area (Å²) in [5.74, 6) is -0.942. The van der Waals surface area contributed by atoms with Crippen LogP contribution >= 0.6 is 23.4 Å². The first-order chi connectivity index (χ1) is 13.9. The van der Waals surface area contributed by atoms with Gasteiger partial charge in [-0.2, -0.15) is 0 Å². The number of carbonyl (C=O) groups excluding carboxylic acids is 2. The summed E-state index contributed by atoms with van der Waals surface area (Å²) in [7, 11) is 1.42. The van der Waals surface area contributed by atoms with E-state index in [0.717, 1.165) is 16.7 Å². The van der Waals surface area contributed by atoms with Crippen LogP contribution in [0.4, 0.5) is 4.79 Å². The van der Waals surface area contributed by atoms with E-state index in [1.807, 2.05) is 0 Å². The first kappa shape index (κ1) is 20.8. The molecule has 7 nitrogen and oxygen atoms in total. The molecular formula is C20H16ClNO6S. The molecule has 1 aliphatic rings. The van der Waals surface area contributed by atoms with Crippen molar-refractivity contribution in [2.24, 2.45) is 0 Å². The van der Waals surface area contributed by atoms with E-state index in [1.165, 1.54) is 7.11 Å². The Hall–Kier alpha value is -2.97. The molecule has 150 valence electrons. The minimum absolute atomic E-state index is 0.0902. The van der Waals surface area contributed by atoms with Gasteiger partial charge in [0.2, 0.25) is 0 Å². The number of carbonyl (C=O) groups is 3. The van der Waals surface area contributed by atoms with Crippen LogP contribution in [-0.2, 0) is 16.1 Å². The Balaban J connectivity index is 1.80. The molecule has 1 fully saturated rings. The smallest absolute Gasteiger partial charge is 0.341 e. The number of hydrogen-bond donors (Lipinski definition) is 1. The van der Waals surface area contributed by atoms with Crippen LogP contribution in [0.2, 0.25) is 5.02 Å². The molecule has 29 heavy (non-hydrogen) atoms. The normalized spacial score (nSPS) is 15.1. The summed E-state index contributed by atoms with van der Waals surface area (Å²) < 4.78 is 10.4. The second-order valence-corrected chi connectivity index (χ2v) is 7.35. The Morgan fingerprint density at radius 3 is 2.66 bits per heavy atom. The Morgan fingerprint density at radius 1 is 1.21 bits per heavy atom. The van der Waals surface area contributed by atoms with E-state index in [9.17, 15) is 14.4 Å². The molecule has 0 radical (unpaired) electrons. The monoisotopic (exact) mass is 433 g/mol. The molecule has 1 heterocycles. The van der Waals surface area contributed by atoms with Crippen molar-refractivity contribution in [1.29, 1.82) is 0 Å². The van der Waals surface area contributed by atoms with Gasteiger partial charge in [-0.15, -0.1) is 0 Å². The third-order valence-corrected chi connectivity index (χ3v) is 5.27. The van der Waals surface area contributed by atoms with Crippen LogP contribution in [0.25, 0.3) is 6.08 Å². The summed E-state index contributed by atoms with van der Waals surface area (Å²) in [5, 5.41) is 8.83. The van der Waals surface area contributed by atoms with Crippen LogP contribution in [0, 0.1) is 0 Å². The van der Waals surface area contributed by atoms with Gasteiger partial charge in [0.1, 0.15) is 0 Å². The lowest BCUT2D eigenvalue weighted by atomic mass is 10.1. The molecule has 0 atom stereocenters. The number of ether oxygens (including phenoxy) is 2. The van der Waals surface area contributed by atoms with Crippen LogP contribution < -0.4 is 9.47 Å². The van der Waals surface area contributed by atoms with Gasteiger partial charge in [0.25, 0.3) is 11.1 Å². The number of halogens is 1. The number of nitrogens with zero attached hydrogens (tertiary/aromatic N) is 1. The fourth-order valence-electron chi connectivity index (χ4n) is 2.62. The molecule has 1 saturated heterocycles. The summed E-state index contributed by atoms with van der Waals surface area (Å²) in [6.07, 6.45) is 1.57. The second kappa shape index (κ2) is 9.02. The average Bonchev–Trinajstić information content (AvgIpc) is 2.95. The molecule has 2 amide bonds. The molecule has 0 aliphatic carbocycles. The predicted octanol–water partition coefficient (Wildman–Crippen LogP) is 4.05. The highest BCUT2D eigenvalue weighted by atomic mass is 35.5. The highest BCUT2D eigenvalue weighted by Crippen LogP contribution is 2.35. The molecule has 0 bridgehead atoms. The third-order valence-electron chi connectivity index (χ3n) is 4.00. The molecule has 1 N–H and O–H groups in total. The summed E-state index contributed by atoms with van der Waals surface area (Å²) >= 11 is 6.96. The van der Waals surface area contributed by atoms with Crippen LogP contribution in [0.15, 0.2) is 47.4 Å². The average molecular weight is 434 g/mol. The predicted molar refractivity (Wildman–Crippen MR) is 109 cm³/mol. The number of thioether (sulfide) groups is 1. The number of methoxy groups -OCH3 is 1. The van der Waals surface area contributed by atoms with Gasteiger partial charge in [-0.3, -0.25) is 14.5 Å². The first-order valence-electron chi connectivity index (χ1n) is 8.40. The standard InChI is InChI=1S/C20H16ClNO6S/c1-27-16-8-12(6-7-15(16)28-11-18(23)24)9-17-19(25)22(20(26)29-17)10-13-4-2-3-5-14(13)21/h2-9H,10-11H2,1H3,(H,23,24)/b17-9+. The fourth-order valence-corrected chi connectivity index (χ4v) is 3.65. The molecule has 0 spiro atoms. The van der Waals surface area contributed by atoms with Gasteiger partial charge >= 0.3 is 5.97 Å². The van der Waals surface area contributed by atoms with Crippen LogP contribution in [0.5, 0.6) is 11.5 Å². The molecule has 0 saturated carbocycles. The van der Waals surface area contributed by atoms with Gasteiger partial charge in [0.05, 0.1) is 18.6 Å². The van der Waals surface area contributed by atoms with Gasteiger partial charge in [-0.1, -0.05) is 35.9 Å². The molecular weight excluding hydrogens is 418 g/mol. The molecule has 2 aromatic rings. The number of carboxylic acids is 1. The maximum Gasteiger partial charge on any atom is 0.341 e. The van der Waals surface area contributed by atoms with Crippen molar-refractivity contribution in [2.75, 3.05) is 13.7 Å². The lowest BCUT2D eigenvalue weighted by Crippen LogP contribution is -2.27. The molecule has 9 heteroatoms. The lowest BCUT2D eigenvalue weighted by Gasteiger charge is -2.13. The zero-order valence-corrected chi connectivity index (χ0v) is 16.8. The minimum atomic E-state index is -1.11. The van der Waals surface area contributed by atoms with E-state index in [-0.39, 0.29) is 22.4 Å². The Bertz CT molecular complexity index is 1010. The van der Waals surface area contributed by atoms with Gasteiger partial charge in [0, 0.05) is 5.02 Å². The summed E-state index contributed by atoms with van der Waals surface area (Å²) in [6, 6.07) is 11.8. The van der Waals surface area contributed by atoms with E-state index >= 15 is 0 Å². The van der Waals surface area contributed by atoms with Crippen molar-refractivity contribution in [1.82, 2.24) is 4.90 Å². The highest BCUT2D eigenvalue weighted by Gasteiger charge is 2.35. The number of imide groups is 1. The largest absolute Gasteiger partial charge is 0.493 e. The molecule has 0 aromatic heterocycles. The van der Waals surface area contributed by atoms with Crippen LogP contribution in [0.3, 0.4) is 0 Å². The maximum atomic E-state index is 12.7. The van der Waals surface area contributed by atoms with Crippen LogP contribution in [-0.4, -0.2) is 40.8 Å². The van der Waals surface area contributed by atoms with Crippen molar-refractivity contribution in [3.8, 4) is 11.5 Å². The quantitative estimate of drug-likeness (QED) is 0.658. The number of hydrogen-bond acceptors (Lipinski definition) is 6. The van der Waals surface area contributed by atoms with E-state index in [0.29, 0.717) is 21.9 Å². The number of rotatable bonds is 7. The van der Waals surface area contributed by atoms with E-state index in [2.05, 4.69) is 0 Å². The number of carboxylic acid groups (broad SMARTS) is 1. The highest BCUT2D eigenvalue weighted by molar-refractivity contribution is 8.18. The number of benzene rings is 2. The van der Waals surface area contributed by atoms with Gasteiger partial charge in [-0.05, 0) is 47.2 Å². The second-order valence-electron chi connectivity index (χ2n) is 5.95. The first-order valence-corrected chi connectivity index (χ1v) is 9.60. The molecule has 3 rings (SSSR count). The minimum Gasteiger partial charge on any atom is -0.493 e. The van der Waals surface area contributed by atoms with Crippen molar-refractivity contribution in [3.05, 3.63) is 63.5 Å². The zero-order valence-electron chi connectivity index (χ0n) is 15.3. The van der Waals surface area contributed by atoms with Crippen molar-refractivity contribution in [2.45, 2.75) is 6.54 Å². The van der Waals surface area contributed by atoms with Crippen LogP contribution in [0.1, 0.15) is 11.1 Å². The lowest BCUT2D eigenvalue weighted by molar-refractivity contribution is -0.139. The van der Waals surface area contributed by atoms with E-state index in [1.54, 1.807) is 48.5 Å². The Labute approximate surface area is 175 Å². The van der Waals surface area contributed by atoms with Gasteiger partial charge in [0.15, 0.2) is 18.1 Å². The summed E-state index contributed by atoms with van der Waals surface area (Å²) in [6.45, 7) is -0.413. The Kier molecular flexibility index (Phi) is 6.46.